The van der Waals surface area contributed by atoms with Gasteiger partial charge in [0.1, 0.15) is 0 Å². The van der Waals surface area contributed by atoms with E-state index in [1.54, 1.807) is 0 Å². The standard InChI is InChI=1S/C9H13N.C3H8/c1-2-10-8-9-6-4-3-5-7-9;1-3-2/h3-7,10H,2,8H2,1H3;3H2,1-2H3. The highest BCUT2D eigenvalue weighted by Gasteiger charge is 1.85. The van der Waals surface area contributed by atoms with Gasteiger partial charge < -0.3 is 5.32 Å². The molecule has 0 heterocycles. The zero-order chi connectivity index (χ0) is 9.94. The van der Waals surface area contributed by atoms with Crippen molar-refractivity contribution >= 4 is 0 Å². The fraction of sp³-hybridized carbons (Fsp3) is 0.500. The molecule has 1 aromatic rings. The van der Waals surface area contributed by atoms with Crippen molar-refractivity contribution in [3.8, 4) is 0 Å². The molecule has 0 aliphatic carbocycles. The second-order valence-corrected chi connectivity index (χ2v) is 2.97. The fourth-order valence-electron chi connectivity index (χ4n) is 0.865. The van der Waals surface area contributed by atoms with Gasteiger partial charge in [0, 0.05) is 6.54 Å². The van der Waals surface area contributed by atoms with Crippen molar-refractivity contribution < 1.29 is 0 Å². The van der Waals surface area contributed by atoms with E-state index < -0.39 is 0 Å². The van der Waals surface area contributed by atoms with Gasteiger partial charge in [-0.25, -0.2) is 0 Å². The van der Waals surface area contributed by atoms with E-state index in [0.29, 0.717) is 0 Å². The van der Waals surface area contributed by atoms with Crippen LogP contribution >= 0.6 is 0 Å². The predicted octanol–water partition coefficient (Wildman–Crippen LogP) is 3.21. The molecule has 0 spiro atoms. The van der Waals surface area contributed by atoms with Crippen LogP contribution in [-0.2, 0) is 6.54 Å². The van der Waals surface area contributed by atoms with Gasteiger partial charge in [-0.3, -0.25) is 0 Å². The lowest BCUT2D eigenvalue weighted by Gasteiger charge is -1.99. The summed E-state index contributed by atoms with van der Waals surface area (Å²) in [5.41, 5.74) is 1.35. The lowest BCUT2D eigenvalue weighted by Crippen LogP contribution is -2.11. The lowest BCUT2D eigenvalue weighted by molar-refractivity contribution is 0.727. The van der Waals surface area contributed by atoms with E-state index in [1.165, 1.54) is 12.0 Å². The first-order valence-electron chi connectivity index (χ1n) is 5.09. The monoisotopic (exact) mass is 179 g/mol. The predicted molar refractivity (Wildman–Crippen MR) is 59.8 cm³/mol. The van der Waals surface area contributed by atoms with Crippen LogP contribution in [0.3, 0.4) is 0 Å². The van der Waals surface area contributed by atoms with Gasteiger partial charge in [0.15, 0.2) is 0 Å². The number of hydrogen-bond donors (Lipinski definition) is 1. The molecule has 0 aliphatic heterocycles. The Morgan fingerprint density at radius 1 is 1.00 bits per heavy atom. The van der Waals surface area contributed by atoms with E-state index in [2.05, 4.69) is 50.4 Å². The molecule has 0 aromatic heterocycles. The smallest absolute Gasteiger partial charge is 0.0205 e. The van der Waals surface area contributed by atoms with Gasteiger partial charge in [0.05, 0.1) is 0 Å². The first-order valence-corrected chi connectivity index (χ1v) is 5.09. The molecule has 13 heavy (non-hydrogen) atoms. The van der Waals surface area contributed by atoms with Crippen LogP contribution in [0.2, 0.25) is 0 Å². The van der Waals surface area contributed by atoms with E-state index >= 15 is 0 Å². The van der Waals surface area contributed by atoms with Gasteiger partial charge >= 0.3 is 0 Å². The van der Waals surface area contributed by atoms with Crippen LogP contribution < -0.4 is 5.32 Å². The Morgan fingerprint density at radius 3 is 2.00 bits per heavy atom. The van der Waals surface area contributed by atoms with E-state index in [-0.39, 0.29) is 0 Å². The molecule has 0 saturated carbocycles. The third kappa shape index (κ3) is 7.54. The molecule has 1 nitrogen and oxygen atoms in total. The number of hydrogen-bond acceptors (Lipinski definition) is 1. The summed E-state index contributed by atoms with van der Waals surface area (Å²) in [5.74, 6) is 0. The minimum atomic E-state index is 0.983. The van der Waals surface area contributed by atoms with Crippen LogP contribution in [0.1, 0.15) is 32.8 Å². The minimum Gasteiger partial charge on any atom is -0.313 e. The summed E-state index contributed by atoms with van der Waals surface area (Å²) >= 11 is 0. The van der Waals surface area contributed by atoms with Crippen molar-refractivity contribution in [2.45, 2.75) is 33.7 Å². The Bertz CT molecular complexity index is 182. The Kier molecular flexibility index (Phi) is 8.68. The van der Waals surface area contributed by atoms with Gasteiger partial charge in [0.25, 0.3) is 0 Å². The molecule has 1 N–H and O–H groups in total. The normalized spacial score (nSPS) is 8.85. The summed E-state index contributed by atoms with van der Waals surface area (Å²) in [6.45, 7) is 8.38. The molecule has 1 aromatic carbocycles. The first kappa shape index (κ1) is 12.2. The van der Waals surface area contributed by atoms with Crippen LogP contribution in [0, 0.1) is 0 Å². The van der Waals surface area contributed by atoms with E-state index in [1.807, 2.05) is 6.07 Å². The van der Waals surface area contributed by atoms with Crippen LogP contribution in [0.4, 0.5) is 0 Å². The maximum atomic E-state index is 3.26. The zero-order valence-corrected chi connectivity index (χ0v) is 9.01. The molecule has 0 fully saturated rings. The third-order valence-corrected chi connectivity index (χ3v) is 1.42. The van der Waals surface area contributed by atoms with Crippen molar-refractivity contribution in [3.63, 3.8) is 0 Å². The first-order chi connectivity index (χ1) is 6.35. The van der Waals surface area contributed by atoms with Gasteiger partial charge in [-0.05, 0) is 12.1 Å². The van der Waals surface area contributed by atoms with E-state index in [0.717, 1.165) is 13.1 Å². The quantitative estimate of drug-likeness (QED) is 0.751. The summed E-state index contributed by atoms with van der Waals surface area (Å²) < 4.78 is 0. The molecule has 0 bridgehead atoms. The van der Waals surface area contributed by atoms with Gasteiger partial charge in [-0.15, -0.1) is 0 Å². The molecule has 1 heteroatoms. The third-order valence-electron chi connectivity index (χ3n) is 1.42. The Morgan fingerprint density at radius 2 is 1.54 bits per heavy atom. The largest absolute Gasteiger partial charge is 0.313 e. The number of nitrogens with one attached hydrogen (secondary N) is 1. The summed E-state index contributed by atoms with van der Waals surface area (Å²) in [7, 11) is 0. The van der Waals surface area contributed by atoms with Gasteiger partial charge in [-0.2, -0.15) is 0 Å². The topological polar surface area (TPSA) is 12.0 Å². The summed E-state index contributed by atoms with van der Waals surface area (Å²) in [6.07, 6.45) is 1.25. The van der Waals surface area contributed by atoms with Crippen molar-refractivity contribution in [1.29, 1.82) is 0 Å². The summed E-state index contributed by atoms with van der Waals surface area (Å²) in [6, 6.07) is 10.4. The Hall–Kier alpha value is -0.820. The van der Waals surface area contributed by atoms with E-state index in [9.17, 15) is 0 Å². The number of benzene rings is 1. The average Bonchev–Trinajstić information content (AvgIpc) is 2.18. The van der Waals surface area contributed by atoms with Crippen molar-refractivity contribution in [3.05, 3.63) is 35.9 Å². The van der Waals surface area contributed by atoms with Crippen molar-refractivity contribution in [2.24, 2.45) is 0 Å². The van der Waals surface area contributed by atoms with Crippen LogP contribution in [0.25, 0.3) is 0 Å². The average molecular weight is 179 g/mol. The minimum absolute atomic E-state index is 0.983. The van der Waals surface area contributed by atoms with Crippen molar-refractivity contribution in [2.75, 3.05) is 6.54 Å². The highest BCUT2D eigenvalue weighted by molar-refractivity contribution is 5.14. The maximum absolute atomic E-state index is 3.26. The molecule has 0 aliphatic rings. The summed E-state index contributed by atoms with van der Waals surface area (Å²) in [4.78, 5) is 0. The molecular formula is C12H21N. The van der Waals surface area contributed by atoms with Crippen LogP contribution in [0.15, 0.2) is 30.3 Å². The maximum Gasteiger partial charge on any atom is 0.0205 e. The van der Waals surface area contributed by atoms with Gasteiger partial charge in [0.2, 0.25) is 0 Å². The molecule has 0 unspecified atom stereocenters. The Balaban J connectivity index is 0.000000424. The van der Waals surface area contributed by atoms with E-state index in [4.69, 9.17) is 0 Å². The van der Waals surface area contributed by atoms with Crippen LogP contribution in [-0.4, -0.2) is 6.54 Å². The van der Waals surface area contributed by atoms with Crippen molar-refractivity contribution in [1.82, 2.24) is 5.32 Å². The second-order valence-electron chi connectivity index (χ2n) is 2.97. The molecule has 1 rings (SSSR count). The molecular weight excluding hydrogens is 158 g/mol. The number of rotatable bonds is 3. The molecule has 0 amide bonds. The second kappa shape index (κ2) is 9.27. The Labute approximate surface area is 82.2 Å². The fourth-order valence-corrected chi connectivity index (χ4v) is 0.865. The molecule has 0 radical (unpaired) electrons. The molecule has 0 atom stereocenters. The SMILES string of the molecule is CCC.CCNCc1ccccc1. The molecule has 0 saturated heterocycles. The van der Waals surface area contributed by atoms with Gasteiger partial charge in [-0.1, -0.05) is 57.5 Å². The van der Waals surface area contributed by atoms with Crippen LogP contribution in [0.5, 0.6) is 0 Å². The highest BCUT2D eigenvalue weighted by Crippen LogP contribution is 1.96. The zero-order valence-electron chi connectivity index (χ0n) is 9.01. The highest BCUT2D eigenvalue weighted by atomic mass is 14.8. The lowest BCUT2D eigenvalue weighted by atomic mass is 10.2. The summed E-state index contributed by atoms with van der Waals surface area (Å²) in [5, 5.41) is 3.26. The molecule has 74 valence electrons.